The van der Waals surface area contributed by atoms with Crippen LogP contribution in [0.5, 0.6) is 0 Å². The molecule has 0 amide bonds. The van der Waals surface area contributed by atoms with Crippen LogP contribution in [0.4, 0.5) is 0 Å². The lowest BCUT2D eigenvalue weighted by molar-refractivity contribution is 0.762. The average Bonchev–Trinajstić information content (AvgIpc) is 2.61. The lowest BCUT2D eigenvalue weighted by Gasteiger charge is -2.04. The van der Waals surface area contributed by atoms with E-state index < -0.39 is 0 Å². The summed E-state index contributed by atoms with van der Waals surface area (Å²) in [6, 6.07) is 1.65. The summed E-state index contributed by atoms with van der Waals surface area (Å²) < 4.78 is 1.84. The minimum atomic E-state index is -0.0405. The Balaban J connectivity index is 2.36. The number of nitrogens with one attached hydrogen (secondary N) is 1. The predicted octanol–water partition coefficient (Wildman–Crippen LogP) is 0.349. The molecule has 8 heteroatoms. The lowest BCUT2D eigenvalue weighted by atomic mass is 10.3. The van der Waals surface area contributed by atoms with Crippen molar-refractivity contribution in [3.05, 3.63) is 23.7 Å². The molecule has 3 N–H and O–H groups in total. The van der Waals surface area contributed by atoms with Gasteiger partial charge in [0.05, 0.1) is 11.8 Å². The Morgan fingerprint density at radius 3 is 2.76 bits per heavy atom. The Labute approximate surface area is 102 Å². The molecule has 2 aromatic rings. The fraction of sp³-hybridized carbons (Fsp3) is 0.222. The highest BCUT2D eigenvalue weighted by Crippen LogP contribution is 2.26. The molecule has 2 heterocycles. The van der Waals surface area contributed by atoms with Gasteiger partial charge < -0.3 is 10.3 Å². The number of amidine groups is 1. The van der Waals surface area contributed by atoms with E-state index in [9.17, 15) is 0 Å². The van der Waals surface area contributed by atoms with E-state index in [0.717, 1.165) is 5.82 Å². The summed E-state index contributed by atoms with van der Waals surface area (Å²) in [5.41, 5.74) is 6.02. The average molecular weight is 249 g/mol. The van der Waals surface area contributed by atoms with Crippen molar-refractivity contribution in [2.45, 2.75) is 17.1 Å². The van der Waals surface area contributed by atoms with Gasteiger partial charge >= 0.3 is 0 Å². The summed E-state index contributed by atoms with van der Waals surface area (Å²) in [7, 11) is 1.86. The first-order valence-corrected chi connectivity index (χ1v) is 5.61. The van der Waals surface area contributed by atoms with Gasteiger partial charge in [0.25, 0.3) is 0 Å². The van der Waals surface area contributed by atoms with E-state index in [4.69, 9.17) is 11.1 Å². The van der Waals surface area contributed by atoms with Crippen LogP contribution in [0.3, 0.4) is 0 Å². The van der Waals surface area contributed by atoms with Crippen LogP contribution in [0.15, 0.2) is 22.4 Å². The van der Waals surface area contributed by atoms with Crippen molar-refractivity contribution in [1.82, 2.24) is 25.0 Å². The van der Waals surface area contributed by atoms with Gasteiger partial charge in [-0.05, 0) is 24.8 Å². The van der Waals surface area contributed by atoms with Gasteiger partial charge in [-0.1, -0.05) is 0 Å². The second-order valence-corrected chi connectivity index (χ2v) is 4.31. The monoisotopic (exact) mass is 249 g/mol. The van der Waals surface area contributed by atoms with Crippen molar-refractivity contribution in [2.75, 3.05) is 0 Å². The van der Waals surface area contributed by atoms with E-state index >= 15 is 0 Å². The third kappa shape index (κ3) is 2.26. The van der Waals surface area contributed by atoms with Crippen LogP contribution in [0, 0.1) is 12.3 Å². The maximum absolute atomic E-state index is 7.45. The van der Waals surface area contributed by atoms with Crippen LogP contribution < -0.4 is 5.73 Å². The summed E-state index contributed by atoms with van der Waals surface area (Å²) in [6.45, 7) is 1.86. The first-order valence-electron chi connectivity index (χ1n) is 4.79. The van der Waals surface area contributed by atoms with Crippen molar-refractivity contribution in [2.24, 2.45) is 12.8 Å². The highest BCUT2D eigenvalue weighted by molar-refractivity contribution is 7.99. The van der Waals surface area contributed by atoms with Gasteiger partial charge in [-0.15, -0.1) is 15.3 Å². The third-order valence-electron chi connectivity index (χ3n) is 2.22. The van der Waals surface area contributed by atoms with E-state index in [2.05, 4.69) is 20.4 Å². The zero-order chi connectivity index (χ0) is 12.4. The molecule has 0 unspecified atom stereocenters. The first-order chi connectivity index (χ1) is 8.09. The van der Waals surface area contributed by atoms with E-state index in [1.54, 1.807) is 6.07 Å². The second-order valence-electron chi connectivity index (χ2n) is 3.35. The second kappa shape index (κ2) is 4.50. The molecule has 0 aliphatic rings. The Hall–Kier alpha value is -1.96. The first kappa shape index (κ1) is 11.5. The van der Waals surface area contributed by atoms with Crippen LogP contribution in [-0.4, -0.2) is 30.8 Å². The molecule has 0 saturated carbocycles. The largest absolute Gasteiger partial charge is 0.384 e. The number of nitrogens with two attached hydrogens (primary N) is 1. The van der Waals surface area contributed by atoms with Crippen molar-refractivity contribution in [3.63, 3.8) is 0 Å². The van der Waals surface area contributed by atoms with Gasteiger partial charge in [0, 0.05) is 7.05 Å². The quantitative estimate of drug-likeness (QED) is 0.600. The number of nitrogen functional groups attached to an aromatic ring is 1. The van der Waals surface area contributed by atoms with Crippen molar-refractivity contribution < 1.29 is 0 Å². The van der Waals surface area contributed by atoms with Crippen molar-refractivity contribution in [3.8, 4) is 0 Å². The topological polar surface area (TPSA) is 106 Å². The van der Waals surface area contributed by atoms with E-state index in [1.165, 1.54) is 18.0 Å². The smallest absolute Gasteiger partial charge is 0.197 e. The van der Waals surface area contributed by atoms with Gasteiger partial charge in [0.15, 0.2) is 5.16 Å². The molecule has 88 valence electrons. The molecule has 2 aromatic heterocycles. The minimum absolute atomic E-state index is 0.0405. The standard InChI is InChI=1S/C9H11N7S/c1-5-13-15-9(16(5)2)17-8-6(7(10)11)3-4-12-14-8/h3-4H,1-2H3,(H3,10,11). The minimum Gasteiger partial charge on any atom is -0.384 e. The molecule has 0 fully saturated rings. The molecule has 7 nitrogen and oxygen atoms in total. The SMILES string of the molecule is Cc1nnc(Sc2nnccc2C(=N)N)n1C. The zero-order valence-corrected chi connectivity index (χ0v) is 10.2. The maximum atomic E-state index is 7.45. The van der Waals surface area contributed by atoms with Crippen LogP contribution in [0.1, 0.15) is 11.4 Å². The maximum Gasteiger partial charge on any atom is 0.197 e. The summed E-state index contributed by atoms with van der Waals surface area (Å²) >= 11 is 1.28. The molecule has 0 bridgehead atoms. The molecular weight excluding hydrogens is 238 g/mol. The summed E-state index contributed by atoms with van der Waals surface area (Å²) in [4.78, 5) is 0. The number of aromatic nitrogens is 5. The van der Waals surface area contributed by atoms with E-state index in [-0.39, 0.29) is 5.84 Å². The number of nitrogens with zero attached hydrogens (tertiary/aromatic N) is 5. The molecule has 0 radical (unpaired) electrons. The van der Waals surface area contributed by atoms with Gasteiger partial charge in [-0.2, -0.15) is 5.10 Å². The van der Waals surface area contributed by atoms with Gasteiger partial charge in [0.2, 0.25) is 0 Å². The van der Waals surface area contributed by atoms with E-state index in [1.807, 2.05) is 18.5 Å². The molecule has 0 aliphatic heterocycles. The van der Waals surface area contributed by atoms with E-state index in [0.29, 0.717) is 15.7 Å². The summed E-state index contributed by atoms with van der Waals surface area (Å²) in [6.07, 6.45) is 1.50. The molecule has 0 atom stereocenters. The van der Waals surface area contributed by atoms with Crippen LogP contribution >= 0.6 is 11.8 Å². The van der Waals surface area contributed by atoms with Crippen LogP contribution in [0.2, 0.25) is 0 Å². The molecule has 0 aliphatic carbocycles. The molecule has 17 heavy (non-hydrogen) atoms. The Bertz CT molecular complexity index is 562. The highest BCUT2D eigenvalue weighted by atomic mass is 32.2. The normalized spacial score (nSPS) is 10.5. The van der Waals surface area contributed by atoms with Crippen molar-refractivity contribution >= 4 is 17.6 Å². The summed E-state index contributed by atoms with van der Waals surface area (Å²) in [5.74, 6) is 0.766. The fourth-order valence-electron chi connectivity index (χ4n) is 1.16. The number of aryl methyl sites for hydroxylation is 1. The van der Waals surface area contributed by atoms with Gasteiger partial charge in [-0.3, -0.25) is 5.41 Å². The summed E-state index contributed by atoms with van der Waals surface area (Å²) in [5, 5.41) is 24.4. The lowest BCUT2D eigenvalue weighted by Crippen LogP contribution is -2.13. The van der Waals surface area contributed by atoms with Gasteiger partial charge in [0.1, 0.15) is 16.7 Å². The third-order valence-corrected chi connectivity index (χ3v) is 3.25. The molecular formula is C9H11N7S. The Morgan fingerprint density at radius 1 is 1.41 bits per heavy atom. The van der Waals surface area contributed by atoms with Crippen LogP contribution in [-0.2, 0) is 7.05 Å². The van der Waals surface area contributed by atoms with Gasteiger partial charge in [-0.25, -0.2) is 0 Å². The molecule has 2 rings (SSSR count). The Kier molecular flexibility index (Phi) is 3.05. The van der Waals surface area contributed by atoms with Crippen LogP contribution in [0.25, 0.3) is 0 Å². The fourth-order valence-corrected chi connectivity index (χ4v) is 2.06. The number of hydrogen-bond acceptors (Lipinski definition) is 6. The number of hydrogen-bond donors (Lipinski definition) is 2. The molecule has 0 aromatic carbocycles. The Morgan fingerprint density at radius 2 is 2.18 bits per heavy atom. The highest BCUT2D eigenvalue weighted by Gasteiger charge is 2.13. The zero-order valence-electron chi connectivity index (χ0n) is 9.38. The molecule has 0 spiro atoms. The predicted molar refractivity (Wildman–Crippen MR) is 62.9 cm³/mol. The number of rotatable bonds is 3. The molecule has 0 saturated heterocycles. The van der Waals surface area contributed by atoms with Crippen molar-refractivity contribution in [1.29, 1.82) is 5.41 Å².